The van der Waals surface area contributed by atoms with Crippen molar-refractivity contribution < 1.29 is 14.4 Å². The van der Waals surface area contributed by atoms with Gasteiger partial charge in [-0.3, -0.25) is 10.1 Å². The Morgan fingerprint density at radius 2 is 2.12 bits per heavy atom. The van der Waals surface area contributed by atoms with Crippen LogP contribution >= 0.6 is 0 Å². The summed E-state index contributed by atoms with van der Waals surface area (Å²) in [4.78, 5) is 16.8. The maximum absolute atomic E-state index is 10.8. The number of anilines is 1. The van der Waals surface area contributed by atoms with E-state index in [2.05, 4.69) is 9.88 Å². The van der Waals surface area contributed by atoms with Crippen LogP contribution < -0.4 is 4.90 Å². The van der Waals surface area contributed by atoms with Gasteiger partial charge in [-0.05, 0) is 30.7 Å². The van der Waals surface area contributed by atoms with Gasteiger partial charge < -0.3 is 14.4 Å². The number of fused-ring (bicyclic) bond motifs is 1. The van der Waals surface area contributed by atoms with Crippen molar-refractivity contribution in [1.29, 1.82) is 0 Å². The summed E-state index contributed by atoms with van der Waals surface area (Å²) in [6.07, 6.45) is 0. The molecule has 7 nitrogen and oxygen atoms in total. The quantitative estimate of drug-likeness (QED) is 0.552. The highest BCUT2D eigenvalue weighted by Crippen LogP contribution is 2.24. The van der Waals surface area contributed by atoms with Crippen LogP contribution in [0.5, 0.6) is 0 Å². The van der Waals surface area contributed by atoms with Gasteiger partial charge in [0, 0.05) is 24.4 Å². The van der Waals surface area contributed by atoms with Crippen LogP contribution in [-0.4, -0.2) is 21.6 Å². The third kappa shape index (κ3) is 3.21. The molecular formula is C17H17N3O4. The second-order valence-electron chi connectivity index (χ2n) is 5.36. The van der Waals surface area contributed by atoms with Crippen LogP contribution in [0.15, 0.2) is 46.9 Å². The highest BCUT2D eigenvalue weighted by molar-refractivity contribution is 5.75. The molecule has 0 fully saturated rings. The number of benzene rings is 2. The Hall–Kier alpha value is -2.93. The molecule has 0 saturated heterocycles. The van der Waals surface area contributed by atoms with Gasteiger partial charge in [-0.15, -0.1) is 0 Å². The number of rotatable bonds is 6. The molecule has 0 spiro atoms. The van der Waals surface area contributed by atoms with Gasteiger partial charge in [-0.2, -0.15) is 0 Å². The molecule has 124 valence electrons. The van der Waals surface area contributed by atoms with Crippen LogP contribution in [0.25, 0.3) is 11.1 Å². The predicted molar refractivity (Wildman–Crippen MR) is 89.8 cm³/mol. The summed E-state index contributed by atoms with van der Waals surface area (Å²) in [5, 5.41) is 20.1. The molecule has 0 aliphatic heterocycles. The van der Waals surface area contributed by atoms with Crippen LogP contribution in [0, 0.1) is 10.1 Å². The highest BCUT2D eigenvalue weighted by Gasteiger charge is 2.14. The number of oxazole rings is 1. The number of hydrogen-bond acceptors (Lipinski definition) is 6. The van der Waals surface area contributed by atoms with E-state index >= 15 is 0 Å². The zero-order valence-corrected chi connectivity index (χ0v) is 13.2. The molecule has 1 aromatic heterocycles. The van der Waals surface area contributed by atoms with Crippen molar-refractivity contribution in [1.82, 2.24) is 4.98 Å². The topological polar surface area (TPSA) is 92.6 Å². The molecule has 0 aliphatic rings. The van der Waals surface area contributed by atoms with Crippen molar-refractivity contribution >= 4 is 22.5 Å². The summed E-state index contributed by atoms with van der Waals surface area (Å²) < 4.78 is 5.69. The van der Waals surface area contributed by atoms with Gasteiger partial charge in [0.2, 0.25) is 5.89 Å². The number of hydrogen-bond donors (Lipinski definition) is 1. The third-order valence-corrected chi connectivity index (χ3v) is 3.79. The maximum atomic E-state index is 10.8. The summed E-state index contributed by atoms with van der Waals surface area (Å²) in [6, 6.07) is 12.0. The van der Waals surface area contributed by atoms with Gasteiger partial charge in [-0.25, -0.2) is 4.98 Å². The summed E-state index contributed by atoms with van der Waals surface area (Å²) in [6.45, 7) is 3.17. The number of aliphatic hydroxyl groups is 1. The molecule has 3 rings (SSSR count). The molecule has 0 bridgehead atoms. The van der Waals surface area contributed by atoms with E-state index in [1.807, 2.05) is 31.2 Å². The summed E-state index contributed by atoms with van der Waals surface area (Å²) in [5.41, 5.74) is 2.77. The Bertz CT molecular complexity index is 875. The molecule has 0 aliphatic carbocycles. The molecule has 0 radical (unpaired) electrons. The van der Waals surface area contributed by atoms with Crippen molar-refractivity contribution in [3.63, 3.8) is 0 Å². The van der Waals surface area contributed by atoms with E-state index in [0.29, 0.717) is 23.5 Å². The Labute approximate surface area is 138 Å². The van der Waals surface area contributed by atoms with Gasteiger partial charge in [0.15, 0.2) is 5.58 Å². The highest BCUT2D eigenvalue weighted by atomic mass is 16.6. The van der Waals surface area contributed by atoms with Crippen LogP contribution in [0.2, 0.25) is 0 Å². The lowest BCUT2D eigenvalue weighted by Crippen LogP contribution is -2.22. The minimum atomic E-state index is -0.452. The van der Waals surface area contributed by atoms with E-state index in [1.165, 1.54) is 12.1 Å². The van der Waals surface area contributed by atoms with Crippen LogP contribution in [0.3, 0.4) is 0 Å². The SMILES string of the molecule is CCN(Cc1nc2cc([N+](=O)[O-])ccc2o1)c1cccc(CO)c1. The molecule has 3 aromatic rings. The minimum absolute atomic E-state index is 0.00894. The van der Waals surface area contributed by atoms with E-state index < -0.39 is 4.92 Å². The zero-order chi connectivity index (χ0) is 17.1. The minimum Gasteiger partial charge on any atom is -0.439 e. The lowest BCUT2D eigenvalue weighted by molar-refractivity contribution is -0.384. The van der Waals surface area contributed by atoms with E-state index in [-0.39, 0.29) is 12.3 Å². The average Bonchev–Trinajstić information content (AvgIpc) is 3.01. The van der Waals surface area contributed by atoms with Gasteiger partial charge in [-0.1, -0.05) is 12.1 Å². The second-order valence-corrected chi connectivity index (χ2v) is 5.36. The summed E-state index contributed by atoms with van der Waals surface area (Å²) >= 11 is 0. The summed E-state index contributed by atoms with van der Waals surface area (Å²) in [7, 11) is 0. The number of non-ortho nitro benzene ring substituents is 1. The first kappa shape index (κ1) is 15.9. The molecule has 1 N–H and O–H groups in total. The zero-order valence-electron chi connectivity index (χ0n) is 13.2. The molecule has 0 atom stereocenters. The maximum Gasteiger partial charge on any atom is 0.271 e. The molecule has 7 heteroatoms. The van der Waals surface area contributed by atoms with Crippen molar-refractivity contribution in [3.8, 4) is 0 Å². The van der Waals surface area contributed by atoms with Crippen molar-refractivity contribution in [2.45, 2.75) is 20.1 Å². The molecule has 24 heavy (non-hydrogen) atoms. The smallest absolute Gasteiger partial charge is 0.271 e. The van der Waals surface area contributed by atoms with Gasteiger partial charge in [0.1, 0.15) is 5.52 Å². The van der Waals surface area contributed by atoms with E-state index in [0.717, 1.165) is 17.8 Å². The lowest BCUT2D eigenvalue weighted by Gasteiger charge is -2.21. The molecule has 2 aromatic carbocycles. The average molecular weight is 327 g/mol. The Kier molecular flexibility index (Phi) is 4.43. The van der Waals surface area contributed by atoms with Gasteiger partial charge in [0.25, 0.3) is 5.69 Å². The first-order valence-electron chi connectivity index (χ1n) is 7.59. The number of aliphatic hydroxyl groups excluding tert-OH is 1. The standard InChI is InChI=1S/C17H17N3O4/c1-2-19(13-5-3-4-12(8-13)11-21)10-17-18-15-9-14(20(22)23)6-7-16(15)24-17/h3-9,21H,2,10-11H2,1H3. The molecule has 0 saturated carbocycles. The predicted octanol–water partition coefficient (Wildman–Crippen LogP) is 3.25. The van der Waals surface area contributed by atoms with E-state index in [9.17, 15) is 15.2 Å². The van der Waals surface area contributed by atoms with Crippen molar-refractivity contribution in [2.75, 3.05) is 11.4 Å². The third-order valence-electron chi connectivity index (χ3n) is 3.79. The normalized spacial score (nSPS) is 10.9. The van der Waals surface area contributed by atoms with Crippen LogP contribution in [0.1, 0.15) is 18.4 Å². The number of nitrogens with zero attached hydrogens (tertiary/aromatic N) is 3. The lowest BCUT2D eigenvalue weighted by atomic mass is 10.2. The largest absolute Gasteiger partial charge is 0.439 e. The molecule has 0 amide bonds. The Balaban J connectivity index is 1.87. The van der Waals surface area contributed by atoms with Gasteiger partial charge in [0.05, 0.1) is 18.1 Å². The fourth-order valence-electron chi connectivity index (χ4n) is 2.55. The fraction of sp³-hybridized carbons (Fsp3) is 0.235. The van der Waals surface area contributed by atoms with Gasteiger partial charge >= 0.3 is 0 Å². The molecule has 0 unspecified atom stereocenters. The fourth-order valence-corrected chi connectivity index (χ4v) is 2.55. The van der Waals surface area contributed by atoms with Crippen molar-refractivity contribution in [2.24, 2.45) is 0 Å². The number of nitro groups is 1. The number of nitro benzene ring substituents is 1. The Morgan fingerprint density at radius 1 is 1.29 bits per heavy atom. The second kappa shape index (κ2) is 6.67. The van der Waals surface area contributed by atoms with E-state index in [4.69, 9.17) is 4.42 Å². The first-order chi connectivity index (χ1) is 11.6. The number of aromatic nitrogens is 1. The first-order valence-corrected chi connectivity index (χ1v) is 7.59. The van der Waals surface area contributed by atoms with Crippen molar-refractivity contribution in [3.05, 3.63) is 64.0 Å². The monoisotopic (exact) mass is 327 g/mol. The molecular weight excluding hydrogens is 310 g/mol. The Morgan fingerprint density at radius 3 is 2.83 bits per heavy atom. The van der Waals surface area contributed by atoms with Crippen LogP contribution in [-0.2, 0) is 13.2 Å². The van der Waals surface area contributed by atoms with Crippen LogP contribution in [0.4, 0.5) is 11.4 Å². The van der Waals surface area contributed by atoms with E-state index in [1.54, 1.807) is 6.07 Å². The molecule has 1 heterocycles. The summed E-state index contributed by atoms with van der Waals surface area (Å²) in [5.74, 6) is 0.488.